The number of thioether (sulfide) groups is 1. The van der Waals surface area contributed by atoms with E-state index in [4.69, 9.17) is 0 Å². The number of aliphatic carboxylic acids is 1. The molecular weight excluding hydrogens is 340 g/mol. The Labute approximate surface area is 149 Å². The maximum absolute atomic E-state index is 12.7. The van der Waals surface area contributed by atoms with Crippen molar-refractivity contribution in [2.24, 2.45) is 0 Å². The molecule has 0 aromatic heterocycles. The average Bonchev–Trinajstić information content (AvgIpc) is 3.08. The molecule has 0 amide bonds. The van der Waals surface area contributed by atoms with Gasteiger partial charge in [-0.15, -0.1) is 11.8 Å². The van der Waals surface area contributed by atoms with E-state index < -0.39 is 12.0 Å². The fraction of sp³-hybridized carbons (Fsp3) is 0.333. The van der Waals surface area contributed by atoms with Crippen molar-refractivity contribution in [3.8, 4) is 0 Å². The van der Waals surface area contributed by atoms with Gasteiger partial charge in [-0.25, -0.2) is 9.80 Å². The molecule has 7 heteroatoms. The van der Waals surface area contributed by atoms with Gasteiger partial charge in [0, 0.05) is 23.5 Å². The molecular formula is C18H18N2O4S. The van der Waals surface area contributed by atoms with Crippen molar-refractivity contribution in [3.05, 3.63) is 47.2 Å². The monoisotopic (exact) mass is 358 g/mol. The zero-order chi connectivity index (χ0) is 17.6. The van der Waals surface area contributed by atoms with Gasteiger partial charge >= 0.3 is 5.97 Å². The van der Waals surface area contributed by atoms with Crippen molar-refractivity contribution in [2.75, 3.05) is 18.8 Å². The predicted octanol–water partition coefficient (Wildman–Crippen LogP) is 2.29. The number of carbonyl (C=O) groups is 2. The van der Waals surface area contributed by atoms with Crippen LogP contribution < -0.4 is 0 Å². The summed E-state index contributed by atoms with van der Waals surface area (Å²) in [7, 11) is 0. The van der Waals surface area contributed by atoms with E-state index in [1.165, 1.54) is 17.8 Å². The van der Waals surface area contributed by atoms with Gasteiger partial charge in [-0.3, -0.25) is 9.80 Å². The van der Waals surface area contributed by atoms with E-state index in [0.29, 0.717) is 5.70 Å². The molecule has 0 aliphatic carbocycles. The second-order valence-corrected chi connectivity index (χ2v) is 7.29. The van der Waals surface area contributed by atoms with Crippen molar-refractivity contribution in [2.45, 2.75) is 23.8 Å². The van der Waals surface area contributed by atoms with Crippen LogP contribution in [0.4, 0.5) is 0 Å². The lowest BCUT2D eigenvalue weighted by Gasteiger charge is -2.41. The highest BCUT2D eigenvalue weighted by Gasteiger charge is 2.41. The first-order valence-electron chi connectivity index (χ1n) is 8.25. The highest BCUT2D eigenvalue weighted by Crippen LogP contribution is 2.42. The molecule has 6 nitrogen and oxygen atoms in total. The fourth-order valence-corrected chi connectivity index (χ4v) is 4.55. The number of fused-ring (bicyclic) bond motifs is 2. The number of rotatable bonds is 2. The zero-order valence-corrected chi connectivity index (χ0v) is 14.3. The largest absolute Gasteiger partial charge is 0.507 e. The molecule has 25 heavy (non-hydrogen) atoms. The fourth-order valence-electron chi connectivity index (χ4n) is 3.62. The minimum Gasteiger partial charge on any atom is -0.507 e. The van der Waals surface area contributed by atoms with Crippen LogP contribution in [0.15, 0.2) is 46.6 Å². The number of allylic oxidation sites excluding steroid dienone is 1. The predicted molar refractivity (Wildman–Crippen MR) is 93.9 cm³/mol. The molecule has 3 aliphatic heterocycles. The van der Waals surface area contributed by atoms with Gasteiger partial charge in [0.1, 0.15) is 5.76 Å². The zero-order valence-electron chi connectivity index (χ0n) is 13.5. The van der Waals surface area contributed by atoms with Crippen LogP contribution in [0.1, 0.15) is 18.4 Å². The number of hydrazine groups is 1. The minimum absolute atomic E-state index is 0.182. The molecule has 1 atom stereocenters. The summed E-state index contributed by atoms with van der Waals surface area (Å²) < 4.78 is 0. The van der Waals surface area contributed by atoms with Crippen LogP contribution in [0.3, 0.4) is 0 Å². The molecule has 0 radical (unpaired) electrons. The standard InChI is InChI=1S/C18H18N2O4S/c21-13-9-12(18(23)24)20(19-7-3-4-8-19)17-11-5-1-2-6-15(11)25-10-14(22)16(13)17/h1-2,5-6,9,12,21H,3-4,7-8,10H2,(H,23,24). The van der Waals surface area contributed by atoms with Crippen molar-refractivity contribution < 1.29 is 19.8 Å². The minimum atomic E-state index is -1.05. The van der Waals surface area contributed by atoms with Crippen LogP contribution in [0.5, 0.6) is 0 Å². The molecule has 1 unspecified atom stereocenters. The summed E-state index contributed by atoms with van der Waals surface area (Å²) >= 11 is 1.42. The number of aliphatic hydroxyl groups excluding tert-OH is 1. The lowest BCUT2D eigenvalue weighted by Crippen LogP contribution is -2.51. The van der Waals surface area contributed by atoms with E-state index in [0.717, 1.165) is 36.4 Å². The number of aliphatic hydroxyl groups is 1. The Bertz CT molecular complexity index is 811. The molecule has 4 rings (SSSR count). The summed E-state index contributed by atoms with van der Waals surface area (Å²) in [6.07, 6.45) is 3.23. The third-order valence-corrected chi connectivity index (χ3v) is 5.79. The second-order valence-electron chi connectivity index (χ2n) is 6.27. The number of Topliss-reactive ketones (excluding diaryl/α,β-unsaturated/α-hetero) is 1. The third-order valence-electron chi connectivity index (χ3n) is 4.72. The Kier molecular flexibility index (Phi) is 4.05. The quantitative estimate of drug-likeness (QED) is 0.839. The smallest absolute Gasteiger partial charge is 0.332 e. The number of carboxylic acids is 1. The highest BCUT2D eigenvalue weighted by molar-refractivity contribution is 8.00. The molecule has 0 saturated carbocycles. The van der Waals surface area contributed by atoms with Crippen molar-refractivity contribution in [1.82, 2.24) is 10.0 Å². The van der Waals surface area contributed by atoms with Gasteiger partial charge in [0.05, 0.1) is 17.0 Å². The summed E-state index contributed by atoms with van der Waals surface area (Å²) in [6.45, 7) is 1.47. The lowest BCUT2D eigenvalue weighted by molar-refractivity contribution is -0.145. The Balaban J connectivity index is 1.97. The molecule has 1 saturated heterocycles. The second kappa shape index (κ2) is 6.24. The Morgan fingerprint density at radius 3 is 2.64 bits per heavy atom. The molecule has 0 bridgehead atoms. The summed E-state index contributed by atoms with van der Waals surface area (Å²) in [4.78, 5) is 25.5. The van der Waals surface area contributed by atoms with E-state index in [2.05, 4.69) is 0 Å². The van der Waals surface area contributed by atoms with E-state index in [1.807, 2.05) is 29.3 Å². The van der Waals surface area contributed by atoms with Gasteiger partial charge in [-0.05, 0) is 25.0 Å². The van der Waals surface area contributed by atoms with E-state index in [9.17, 15) is 19.8 Å². The van der Waals surface area contributed by atoms with Crippen LogP contribution in [0, 0.1) is 0 Å². The highest BCUT2D eigenvalue weighted by atomic mass is 32.2. The first-order chi connectivity index (χ1) is 12.1. The molecule has 0 spiro atoms. The number of hydrogen-bond donors (Lipinski definition) is 2. The number of carbonyl (C=O) groups excluding carboxylic acids is 1. The van der Waals surface area contributed by atoms with Gasteiger partial charge in [-0.2, -0.15) is 0 Å². The van der Waals surface area contributed by atoms with Gasteiger partial charge in [0.15, 0.2) is 11.8 Å². The van der Waals surface area contributed by atoms with Crippen molar-refractivity contribution >= 4 is 29.2 Å². The number of ketones is 1. The van der Waals surface area contributed by atoms with Gasteiger partial charge < -0.3 is 10.2 Å². The van der Waals surface area contributed by atoms with Crippen LogP contribution in [-0.4, -0.2) is 56.9 Å². The Morgan fingerprint density at radius 2 is 1.92 bits per heavy atom. The molecule has 2 N–H and O–H groups in total. The van der Waals surface area contributed by atoms with Gasteiger partial charge in [0.25, 0.3) is 0 Å². The molecule has 1 aromatic rings. The maximum Gasteiger partial charge on any atom is 0.332 e. The van der Waals surface area contributed by atoms with Crippen LogP contribution in [-0.2, 0) is 9.59 Å². The number of carboxylic acid groups (broad SMARTS) is 1. The maximum atomic E-state index is 12.7. The average molecular weight is 358 g/mol. The first kappa shape index (κ1) is 16.2. The number of benzene rings is 1. The Hall–Kier alpha value is -2.25. The van der Waals surface area contributed by atoms with Gasteiger partial charge in [-0.1, -0.05) is 18.2 Å². The van der Waals surface area contributed by atoms with Crippen molar-refractivity contribution in [1.29, 1.82) is 0 Å². The van der Waals surface area contributed by atoms with E-state index in [1.54, 1.807) is 5.01 Å². The topological polar surface area (TPSA) is 81.1 Å². The van der Waals surface area contributed by atoms with Crippen molar-refractivity contribution in [3.63, 3.8) is 0 Å². The molecule has 3 aliphatic rings. The molecule has 1 aromatic carbocycles. The summed E-state index contributed by atoms with van der Waals surface area (Å²) in [5, 5.41) is 23.9. The third kappa shape index (κ3) is 2.63. The molecule has 3 heterocycles. The normalized spacial score (nSPS) is 23.8. The van der Waals surface area contributed by atoms with E-state index >= 15 is 0 Å². The lowest BCUT2D eigenvalue weighted by atomic mass is 9.95. The summed E-state index contributed by atoms with van der Waals surface area (Å²) in [5.41, 5.74) is 1.54. The Morgan fingerprint density at radius 1 is 1.20 bits per heavy atom. The van der Waals surface area contributed by atoms with Crippen LogP contribution >= 0.6 is 11.8 Å². The SMILES string of the molecule is O=C1CSc2ccccc2C2=C1C(O)=CC(C(=O)O)N2N1CCCC1. The summed E-state index contributed by atoms with van der Waals surface area (Å²) in [6, 6.07) is 6.55. The molecule has 1 fully saturated rings. The summed E-state index contributed by atoms with van der Waals surface area (Å²) in [5.74, 6) is -1.25. The first-order valence-corrected chi connectivity index (χ1v) is 9.24. The van der Waals surface area contributed by atoms with Crippen LogP contribution in [0.25, 0.3) is 5.70 Å². The van der Waals surface area contributed by atoms with Crippen LogP contribution in [0.2, 0.25) is 0 Å². The number of hydrogen-bond acceptors (Lipinski definition) is 6. The molecule has 130 valence electrons. The van der Waals surface area contributed by atoms with E-state index in [-0.39, 0.29) is 22.9 Å². The van der Waals surface area contributed by atoms with Gasteiger partial charge in [0.2, 0.25) is 0 Å². The number of nitrogens with zero attached hydrogens (tertiary/aromatic N) is 2.